The van der Waals surface area contributed by atoms with Gasteiger partial charge in [-0.25, -0.2) is 4.98 Å². The summed E-state index contributed by atoms with van der Waals surface area (Å²) in [6.45, 7) is 4.57. The number of methoxy groups -OCH3 is 1. The lowest BCUT2D eigenvalue weighted by atomic mass is 10.1. The molecule has 0 aliphatic carbocycles. The Morgan fingerprint density at radius 3 is 2.89 bits per heavy atom. The number of hydrogen-bond acceptors (Lipinski definition) is 6. The second-order valence-electron chi connectivity index (χ2n) is 4.59. The Hall–Kier alpha value is -1.40. The van der Waals surface area contributed by atoms with Gasteiger partial charge in [0.1, 0.15) is 4.83 Å². The van der Waals surface area contributed by atoms with E-state index in [1.165, 1.54) is 11.3 Å². The van der Waals surface area contributed by atoms with Crippen molar-refractivity contribution in [2.75, 3.05) is 19.5 Å². The SMILES string of the molecule is COC(C)(C)CCOc1nc(N)nc2sccc12. The van der Waals surface area contributed by atoms with Gasteiger partial charge in [-0.2, -0.15) is 4.98 Å². The Balaban J connectivity index is 2.10. The van der Waals surface area contributed by atoms with Crippen molar-refractivity contribution >= 4 is 27.5 Å². The molecule has 0 spiro atoms. The predicted octanol–water partition coefficient (Wildman–Crippen LogP) is 2.47. The number of nitrogens with zero attached hydrogens (tertiary/aromatic N) is 2. The van der Waals surface area contributed by atoms with Crippen molar-refractivity contribution in [3.63, 3.8) is 0 Å². The first kappa shape index (κ1) is 13.0. The zero-order valence-electron chi connectivity index (χ0n) is 10.8. The minimum absolute atomic E-state index is 0.202. The van der Waals surface area contributed by atoms with Gasteiger partial charge in [-0.15, -0.1) is 11.3 Å². The Bertz CT molecular complexity index is 539. The monoisotopic (exact) mass is 267 g/mol. The highest BCUT2D eigenvalue weighted by atomic mass is 32.1. The number of rotatable bonds is 5. The summed E-state index contributed by atoms with van der Waals surface area (Å²) in [7, 11) is 1.69. The minimum atomic E-state index is -0.202. The maximum Gasteiger partial charge on any atom is 0.227 e. The summed E-state index contributed by atoms with van der Waals surface area (Å²) < 4.78 is 11.0. The van der Waals surface area contributed by atoms with E-state index in [0.717, 1.165) is 16.6 Å². The molecule has 0 radical (unpaired) electrons. The van der Waals surface area contributed by atoms with Crippen LogP contribution in [0.4, 0.5) is 5.95 Å². The molecule has 5 nitrogen and oxygen atoms in total. The molecule has 0 bridgehead atoms. The number of hydrogen-bond donors (Lipinski definition) is 1. The zero-order chi connectivity index (χ0) is 13.2. The fourth-order valence-corrected chi connectivity index (χ4v) is 2.21. The molecule has 98 valence electrons. The molecule has 2 N–H and O–H groups in total. The van der Waals surface area contributed by atoms with Crippen LogP contribution in [0.3, 0.4) is 0 Å². The van der Waals surface area contributed by atoms with E-state index in [-0.39, 0.29) is 11.5 Å². The smallest absolute Gasteiger partial charge is 0.227 e. The van der Waals surface area contributed by atoms with Gasteiger partial charge in [-0.1, -0.05) is 0 Å². The van der Waals surface area contributed by atoms with Crippen LogP contribution in [-0.4, -0.2) is 29.3 Å². The Morgan fingerprint density at radius 2 is 2.17 bits per heavy atom. The molecule has 2 aromatic heterocycles. The normalized spacial score (nSPS) is 11.9. The highest BCUT2D eigenvalue weighted by Crippen LogP contribution is 2.27. The molecule has 0 amide bonds. The summed E-state index contributed by atoms with van der Waals surface area (Å²) >= 11 is 1.52. The maximum atomic E-state index is 5.69. The molecule has 0 aromatic carbocycles. The third kappa shape index (κ3) is 2.88. The molecule has 0 saturated carbocycles. The number of thiophene rings is 1. The van der Waals surface area contributed by atoms with E-state index < -0.39 is 0 Å². The van der Waals surface area contributed by atoms with E-state index in [2.05, 4.69) is 9.97 Å². The summed E-state index contributed by atoms with van der Waals surface area (Å²) in [6, 6.07) is 1.94. The standard InChI is InChI=1S/C12H17N3O2S/c1-12(2,16-3)5-6-17-9-8-4-7-18-10(8)15-11(13)14-9/h4,7H,5-6H2,1-3H3,(H2,13,14,15). The average molecular weight is 267 g/mol. The molecule has 0 saturated heterocycles. The molecular weight excluding hydrogens is 250 g/mol. The van der Waals surface area contributed by atoms with Crippen molar-refractivity contribution in [1.82, 2.24) is 9.97 Å². The van der Waals surface area contributed by atoms with Crippen LogP contribution in [0.1, 0.15) is 20.3 Å². The molecule has 18 heavy (non-hydrogen) atoms. The van der Waals surface area contributed by atoms with Crippen LogP contribution < -0.4 is 10.5 Å². The van der Waals surface area contributed by atoms with Crippen LogP contribution in [-0.2, 0) is 4.74 Å². The molecule has 2 rings (SSSR count). The van der Waals surface area contributed by atoms with Crippen LogP contribution in [0.25, 0.3) is 10.2 Å². The minimum Gasteiger partial charge on any atom is -0.477 e. The van der Waals surface area contributed by atoms with E-state index in [1.54, 1.807) is 7.11 Å². The van der Waals surface area contributed by atoms with Crippen molar-refractivity contribution in [3.8, 4) is 5.88 Å². The largest absolute Gasteiger partial charge is 0.477 e. The highest BCUT2D eigenvalue weighted by Gasteiger charge is 2.17. The molecule has 2 aromatic rings. The van der Waals surface area contributed by atoms with Crippen molar-refractivity contribution in [2.45, 2.75) is 25.9 Å². The fourth-order valence-electron chi connectivity index (χ4n) is 1.45. The molecule has 0 fully saturated rings. The van der Waals surface area contributed by atoms with Gasteiger partial charge >= 0.3 is 0 Å². The Morgan fingerprint density at radius 1 is 1.39 bits per heavy atom. The molecule has 6 heteroatoms. The number of nitrogen functional groups attached to an aromatic ring is 1. The number of ether oxygens (including phenoxy) is 2. The predicted molar refractivity (Wildman–Crippen MR) is 73.0 cm³/mol. The molecular formula is C12H17N3O2S. The summed E-state index contributed by atoms with van der Waals surface area (Å²) in [5, 5.41) is 2.86. The molecule has 2 heterocycles. The second-order valence-corrected chi connectivity index (χ2v) is 5.48. The maximum absolute atomic E-state index is 5.69. The average Bonchev–Trinajstić information content (AvgIpc) is 2.76. The molecule has 0 atom stereocenters. The van der Waals surface area contributed by atoms with Crippen LogP contribution in [0.5, 0.6) is 5.88 Å². The highest BCUT2D eigenvalue weighted by molar-refractivity contribution is 7.16. The Labute approximate surface area is 110 Å². The van der Waals surface area contributed by atoms with Gasteiger partial charge in [-0.3, -0.25) is 0 Å². The Kier molecular flexibility index (Phi) is 3.68. The van der Waals surface area contributed by atoms with Crippen molar-refractivity contribution in [2.24, 2.45) is 0 Å². The number of fused-ring (bicyclic) bond motifs is 1. The zero-order valence-corrected chi connectivity index (χ0v) is 11.6. The lowest BCUT2D eigenvalue weighted by Gasteiger charge is -2.22. The van der Waals surface area contributed by atoms with E-state index in [1.807, 2.05) is 25.3 Å². The molecule has 0 aliphatic rings. The van der Waals surface area contributed by atoms with E-state index in [9.17, 15) is 0 Å². The van der Waals surface area contributed by atoms with Gasteiger partial charge in [-0.05, 0) is 25.3 Å². The van der Waals surface area contributed by atoms with E-state index in [0.29, 0.717) is 12.5 Å². The summed E-state index contributed by atoms with van der Waals surface area (Å²) in [5.74, 6) is 0.789. The number of anilines is 1. The summed E-state index contributed by atoms with van der Waals surface area (Å²) in [6.07, 6.45) is 0.777. The fraction of sp³-hybridized carbons (Fsp3) is 0.500. The quantitative estimate of drug-likeness (QED) is 0.901. The van der Waals surface area contributed by atoms with Crippen LogP contribution in [0, 0.1) is 0 Å². The molecule has 0 aliphatic heterocycles. The first-order chi connectivity index (χ1) is 8.52. The second kappa shape index (κ2) is 5.07. The van der Waals surface area contributed by atoms with E-state index in [4.69, 9.17) is 15.2 Å². The third-order valence-corrected chi connectivity index (χ3v) is 3.61. The van der Waals surface area contributed by atoms with Crippen molar-refractivity contribution < 1.29 is 9.47 Å². The van der Waals surface area contributed by atoms with Gasteiger partial charge < -0.3 is 15.2 Å². The van der Waals surface area contributed by atoms with Crippen LogP contribution in [0.15, 0.2) is 11.4 Å². The molecule has 0 unspecified atom stereocenters. The third-order valence-electron chi connectivity index (χ3n) is 2.80. The first-order valence-corrected chi connectivity index (χ1v) is 6.58. The van der Waals surface area contributed by atoms with Crippen molar-refractivity contribution in [3.05, 3.63) is 11.4 Å². The number of nitrogens with two attached hydrogens (primary N) is 1. The van der Waals surface area contributed by atoms with Gasteiger partial charge in [0.15, 0.2) is 0 Å². The summed E-state index contributed by atoms with van der Waals surface area (Å²) in [5.41, 5.74) is 5.45. The van der Waals surface area contributed by atoms with Crippen LogP contribution >= 0.6 is 11.3 Å². The van der Waals surface area contributed by atoms with Gasteiger partial charge in [0, 0.05) is 13.5 Å². The van der Waals surface area contributed by atoms with Crippen LogP contribution in [0.2, 0.25) is 0 Å². The lowest BCUT2D eigenvalue weighted by Crippen LogP contribution is -2.25. The van der Waals surface area contributed by atoms with Gasteiger partial charge in [0.2, 0.25) is 11.8 Å². The lowest BCUT2D eigenvalue weighted by molar-refractivity contribution is 0.00524. The topological polar surface area (TPSA) is 70.3 Å². The van der Waals surface area contributed by atoms with Gasteiger partial charge in [0.05, 0.1) is 17.6 Å². The van der Waals surface area contributed by atoms with E-state index >= 15 is 0 Å². The van der Waals surface area contributed by atoms with Gasteiger partial charge in [0.25, 0.3) is 0 Å². The first-order valence-electron chi connectivity index (χ1n) is 5.70. The number of aromatic nitrogens is 2. The summed E-state index contributed by atoms with van der Waals surface area (Å²) in [4.78, 5) is 9.13. The van der Waals surface area contributed by atoms with Crippen molar-refractivity contribution in [1.29, 1.82) is 0 Å².